The molecule has 180 valence electrons. The van der Waals surface area contributed by atoms with Crippen molar-refractivity contribution in [1.82, 2.24) is 5.32 Å². The van der Waals surface area contributed by atoms with Crippen molar-refractivity contribution in [3.05, 3.63) is 101 Å². The third-order valence-electron chi connectivity index (χ3n) is 7.69. The van der Waals surface area contributed by atoms with Crippen molar-refractivity contribution in [1.29, 1.82) is 0 Å². The fraction of sp³-hybridized carbons (Fsp3) is 0.387. The molecule has 1 fully saturated rings. The molecule has 1 unspecified atom stereocenters. The molecule has 3 heteroatoms. The molecule has 1 aromatic rings. The molecule has 2 aliphatic rings. The Balaban J connectivity index is 2.00. The van der Waals surface area contributed by atoms with E-state index in [0.717, 1.165) is 29.6 Å². The largest absolute Gasteiger partial charge is 0.366 e. The lowest BCUT2D eigenvalue weighted by molar-refractivity contribution is 0.1000. The van der Waals surface area contributed by atoms with Crippen LogP contribution in [-0.4, -0.2) is 19.0 Å². The lowest BCUT2D eigenvalue weighted by Gasteiger charge is -2.24. The Kier molecular flexibility index (Phi) is 8.33. The van der Waals surface area contributed by atoms with Crippen molar-refractivity contribution in [2.45, 2.75) is 65.3 Å². The fourth-order valence-electron chi connectivity index (χ4n) is 5.58. The van der Waals surface area contributed by atoms with Gasteiger partial charge in [0.15, 0.2) is 0 Å². The molecule has 1 atom stereocenters. The van der Waals surface area contributed by atoms with E-state index < -0.39 is 5.91 Å². The summed E-state index contributed by atoms with van der Waals surface area (Å²) in [7, 11) is 1.98. The van der Waals surface area contributed by atoms with E-state index in [-0.39, 0.29) is 6.04 Å². The van der Waals surface area contributed by atoms with Gasteiger partial charge in [-0.05, 0) is 110 Å². The monoisotopic (exact) mass is 456 g/mol. The summed E-state index contributed by atoms with van der Waals surface area (Å²) in [5.41, 5.74) is 14.5. The number of amides is 1. The lowest BCUT2D eigenvalue weighted by Crippen LogP contribution is -2.22. The molecular formula is C31H40N2O. The predicted molar refractivity (Wildman–Crippen MR) is 145 cm³/mol. The molecule has 2 aliphatic carbocycles. The van der Waals surface area contributed by atoms with Crippen LogP contribution in [0.4, 0.5) is 0 Å². The summed E-state index contributed by atoms with van der Waals surface area (Å²) >= 11 is 0. The molecule has 3 N–H and O–H groups in total. The molecule has 1 amide bonds. The van der Waals surface area contributed by atoms with Gasteiger partial charge in [-0.1, -0.05) is 62.4 Å². The first kappa shape index (κ1) is 25.7. The van der Waals surface area contributed by atoms with E-state index in [0.29, 0.717) is 11.0 Å². The number of benzene rings is 1. The van der Waals surface area contributed by atoms with Gasteiger partial charge in [0.1, 0.15) is 0 Å². The van der Waals surface area contributed by atoms with E-state index in [9.17, 15) is 4.79 Å². The minimum Gasteiger partial charge on any atom is -0.366 e. The molecule has 3 nitrogen and oxygen atoms in total. The molecule has 0 bridgehead atoms. The van der Waals surface area contributed by atoms with Crippen LogP contribution in [0.5, 0.6) is 0 Å². The normalized spacial score (nSPS) is 19.3. The van der Waals surface area contributed by atoms with Gasteiger partial charge in [-0.25, -0.2) is 0 Å². The number of rotatable bonds is 9. The minimum atomic E-state index is -0.411. The summed E-state index contributed by atoms with van der Waals surface area (Å²) in [6, 6.07) is 7.83. The molecule has 0 aliphatic heterocycles. The van der Waals surface area contributed by atoms with Gasteiger partial charge in [-0.15, -0.1) is 0 Å². The average Bonchev–Trinajstić information content (AvgIpc) is 3.46. The van der Waals surface area contributed by atoms with E-state index in [1.54, 1.807) is 6.07 Å². The van der Waals surface area contributed by atoms with Crippen LogP contribution in [0.3, 0.4) is 0 Å². The zero-order valence-electron chi connectivity index (χ0n) is 21.3. The number of nitrogens with one attached hydrogen (secondary N) is 1. The summed E-state index contributed by atoms with van der Waals surface area (Å²) in [5.74, 6) is -0.411. The van der Waals surface area contributed by atoms with Crippen LogP contribution >= 0.6 is 0 Å². The summed E-state index contributed by atoms with van der Waals surface area (Å²) < 4.78 is 0. The van der Waals surface area contributed by atoms with Crippen molar-refractivity contribution in [2.24, 2.45) is 11.1 Å². The number of carbonyl (C=O) groups excluding carboxylic acids is 1. The third-order valence-corrected chi connectivity index (χ3v) is 7.69. The highest BCUT2D eigenvalue weighted by atomic mass is 16.1. The molecule has 34 heavy (non-hydrogen) atoms. The summed E-state index contributed by atoms with van der Waals surface area (Å²) in [6.45, 7) is 15.3. The third kappa shape index (κ3) is 5.42. The summed E-state index contributed by atoms with van der Waals surface area (Å²) in [6.07, 6.45) is 15.8. The van der Waals surface area contributed by atoms with Gasteiger partial charge in [-0.2, -0.15) is 0 Å². The summed E-state index contributed by atoms with van der Waals surface area (Å²) in [5, 5.41) is 3.31. The van der Waals surface area contributed by atoms with E-state index in [1.807, 2.05) is 25.2 Å². The highest BCUT2D eigenvalue weighted by molar-refractivity contribution is 5.94. The van der Waals surface area contributed by atoms with E-state index >= 15 is 0 Å². The Hall–Kier alpha value is -2.91. The van der Waals surface area contributed by atoms with E-state index in [4.69, 9.17) is 5.73 Å². The Morgan fingerprint density at radius 3 is 2.29 bits per heavy atom. The average molecular weight is 457 g/mol. The standard InChI is InChI=1S/C31H40N2O/c1-7-24(23(5)33-6)15-14-21(3)27(8-2)29-20-31(16-9-10-17-31)19-28(29)22(4)25-12-11-13-26(18-25)30(32)34/h7-8,11-15,18,23,33H,3-4,9-10,16-17,19-20H2,1-2,5-6H3,(H2,32,34)/b15-14-,24-7+,27-8-. The van der Waals surface area contributed by atoms with Crippen LogP contribution < -0.4 is 11.1 Å². The van der Waals surface area contributed by atoms with Gasteiger partial charge in [0.2, 0.25) is 5.91 Å². The maximum Gasteiger partial charge on any atom is 0.248 e. The maximum absolute atomic E-state index is 11.8. The SMILES string of the molecule is C=C(/C=C\C(=C/C)C(C)NC)/C(=C/C)C1=C(C(=C)c2cccc(C(N)=O)c2)CC2(CCCC2)C1. The molecular weight excluding hydrogens is 416 g/mol. The van der Waals surface area contributed by atoms with Gasteiger partial charge < -0.3 is 11.1 Å². The second-order valence-corrected chi connectivity index (χ2v) is 9.80. The number of hydrogen-bond donors (Lipinski definition) is 2. The highest BCUT2D eigenvalue weighted by Gasteiger charge is 2.42. The second kappa shape index (κ2) is 11.0. The van der Waals surface area contributed by atoms with Gasteiger partial charge in [-0.3, -0.25) is 4.79 Å². The number of allylic oxidation sites excluding steroid dienone is 8. The Labute approximate surface area is 205 Å². The van der Waals surface area contributed by atoms with Crippen LogP contribution in [0.1, 0.15) is 75.2 Å². The molecule has 1 aromatic carbocycles. The number of likely N-dealkylation sites (N-methyl/N-ethyl adjacent to an activating group) is 1. The number of carbonyl (C=O) groups is 1. The van der Waals surface area contributed by atoms with Gasteiger partial charge in [0.25, 0.3) is 0 Å². The number of nitrogens with two attached hydrogens (primary N) is 1. The zero-order chi connectivity index (χ0) is 24.9. The van der Waals surface area contributed by atoms with Crippen molar-refractivity contribution >= 4 is 11.5 Å². The topological polar surface area (TPSA) is 55.1 Å². The number of hydrogen-bond acceptors (Lipinski definition) is 2. The Morgan fingerprint density at radius 2 is 1.71 bits per heavy atom. The predicted octanol–water partition coefficient (Wildman–Crippen LogP) is 7.06. The first-order valence-electron chi connectivity index (χ1n) is 12.4. The van der Waals surface area contributed by atoms with E-state index in [1.165, 1.54) is 48.0 Å². The van der Waals surface area contributed by atoms with Crippen molar-refractivity contribution in [3.8, 4) is 0 Å². The fourth-order valence-corrected chi connectivity index (χ4v) is 5.58. The molecule has 0 heterocycles. The van der Waals surface area contributed by atoms with Crippen molar-refractivity contribution in [3.63, 3.8) is 0 Å². The molecule has 1 saturated carbocycles. The minimum absolute atomic E-state index is 0.281. The Morgan fingerprint density at radius 1 is 1.06 bits per heavy atom. The van der Waals surface area contributed by atoms with Gasteiger partial charge in [0.05, 0.1) is 0 Å². The van der Waals surface area contributed by atoms with Crippen LogP contribution in [-0.2, 0) is 0 Å². The lowest BCUT2D eigenvalue weighted by atomic mass is 9.80. The maximum atomic E-state index is 11.8. The molecule has 0 radical (unpaired) electrons. The first-order valence-corrected chi connectivity index (χ1v) is 12.4. The van der Waals surface area contributed by atoms with Gasteiger partial charge >= 0.3 is 0 Å². The van der Waals surface area contributed by atoms with Crippen LogP contribution in [0, 0.1) is 5.41 Å². The van der Waals surface area contributed by atoms with Crippen LogP contribution in [0.15, 0.2) is 89.6 Å². The van der Waals surface area contributed by atoms with Crippen molar-refractivity contribution < 1.29 is 4.79 Å². The molecule has 0 aromatic heterocycles. The molecule has 1 spiro atoms. The number of primary amides is 1. The zero-order valence-corrected chi connectivity index (χ0v) is 21.3. The molecule has 3 rings (SSSR count). The quantitative estimate of drug-likeness (QED) is 0.391. The first-order chi connectivity index (χ1) is 16.2. The van der Waals surface area contributed by atoms with Crippen LogP contribution in [0.2, 0.25) is 0 Å². The smallest absolute Gasteiger partial charge is 0.248 e. The van der Waals surface area contributed by atoms with Crippen molar-refractivity contribution in [2.75, 3.05) is 7.05 Å². The Bertz CT molecular complexity index is 1090. The van der Waals surface area contributed by atoms with Gasteiger partial charge in [0, 0.05) is 11.6 Å². The van der Waals surface area contributed by atoms with E-state index in [2.05, 4.69) is 63.5 Å². The second-order valence-electron chi connectivity index (χ2n) is 9.80. The molecule has 0 saturated heterocycles. The summed E-state index contributed by atoms with van der Waals surface area (Å²) in [4.78, 5) is 11.8. The highest BCUT2D eigenvalue weighted by Crippen LogP contribution is 2.57. The van der Waals surface area contributed by atoms with Crippen LogP contribution in [0.25, 0.3) is 5.57 Å².